The van der Waals surface area contributed by atoms with Crippen molar-refractivity contribution >= 4 is 44.2 Å². The molecule has 3 heterocycles. The third-order valence-electron chi connectivity index (χ3n) is 5.24. The lowest BCUT2D eigenvalue weighted by Crippen LogP contribution is -2.57. The summed E-state index contributed by atoms with van der Waals surface area (Å²) >= 11 is 1.42. The van der Waals surface area contributed by atoms with E-state index in [1.807, 2.05) is 12.1 Å². The van der Waals surface area contributed by atoms with E-state index < -0.39 is 6.04 Å². The number of thiazole rings is 1. The second-order valence-electron chi connectivity index (χ2n) is 7.04. The molecule has 2 N–H and O–H groups in total. The lowest BCUT2D eigenvalue weighted by atomic mass is 10.1. The summed E-state index contributed by atoms with van der Waals surface area (Å²) in [5.74, 6) is 0.630. The standard InChI is InChI=1S/C19H25N5O4S/c1-12(25)14-11-20-5-6-24(14)19(26)22-18-21-16-15(27-2)4-3-13(17(16)29-18)23-7-9-28-10-8-23/h3-4,14,20H,5-11H2,1-2H3,(H,21,22,26). The molecule has 0 bridgehead atoms. The third kappa shape index (κ3) is 4.00. The van der Waals surface area contributed by atoms with Crippen molar-refractivity contribution in [1.82, 2.24) is 15.2 Å². The van der Waals surface area contributed by atoms with E-state index in [2.05, 4.69) is 20.5 Å². The number of aromatic nitrogens is 1. The van der Waals surface area contributed by atoms with Gasteiger partial charge >= 0.3 is 6.03 Å². The zero-order chi connectivity index (χ0) is 20.4. The quantitative estimate of drug-likeness (QED) is 0.776. The van der Waals surface area contributed by atoms with Crippen molar-refractivity contribution in [2.45, 2.75) is 13.0 Å². The summed E-state index contributed by atoms with van der Waals surface area (Å²) in [7, 11) is 1.61. The monoisotopic (exact) mass is 419 g/mol. The summed E-state index contributed by atoms with van der Waals surface area (Å²) in [6.45, 7) is 6.10. The number of anilines is 2. The van der Waals surface area contributed by atoms with Crippen LogP contribution in [0.1, 0.15) is 6.92 Å². The number of nitrogens with zero attached hydrogens (tertiary/aromatic N) is 3. The molecule has 1 aromatic carbocycles. The molecule has 1 unspecified atom stereocenters. The first-order valence-electron chi connectivity index (χ1n) is 9.67. The zero-order valence-corrected chi connectivity index (χ0v) is 17.4. The molecule has 0 aliphatic carbocycles. The number of urea groups is 1. The van der Waals surface area contributed by atoms with Crippen LogP contribution in [0.2, 0.25) is 0 Å². The molecule has 4 rings (SSSR count). The van der Waals surface area contributed by atoms with Crippen LogP contribution in [0.15, 0.2) is 12.1 Å². The molecule has 1 atom stereocenters. The Labute approximate surface area is 173 Å². The van der Waals surface area contributed by atoms with E-state index in [4.69, 9.17) is 9.47 Å². The minimum atomic E-state index is -0.462. The number of carbonyl (C=O) groups is 2. The van der Waals surface area contributed by atoms with Crippen molar-refractivity contribution in [2.24, 2.45) is 0 Å². The van der Waals surface area contributed by atoms with E-state index >= 15 is 0 Å². The molecule has 10 heteroatoms. The number of rotatable bonds is 4. The van der Waals surface area contributed by atoms with Gasteiger partial charge in [0.15, 0.2) is 10.9 Å². The van der Waals surface area contributed by atoms with Crippen molar-refractivity contribution in [3.63, 3.8) is 0 Å². The average Bonchev–Trinajstić information content (AvgIpc) is 3.17. The number of amides is 2. The zero-order valence-electron chi connectivity index (χ0n) is 16.6. The van der Waals surface area contributed by atoms with Crippen molar-refractivity contribution < 1.29 is 19.1 Å². The fourth-order valence-electron chi connectivity index (χ4n) is 3.72. The van der Waals surface area contributed by atoms with E-state index in [1.54, 1.807) is 12.0 Å². The highest BCUT2D eigenvalue weighted by Gasteiger charge is 2.30. The van der Waals surface area contributed by atoms with Gasteiger partial charge in [0.05, 0.1) is 30.7 Å². The van der Waals surface area contributed by atoms with Crippen LogP contribution in [-0.4, -0.2) is 80.8 Å². The number of morpholine rings is 1. The second-order valence-corrected chi connectivity index (χ2v) is 8.04. The molecule has 0 saturated carbocycles. The Bertz CT molecular complexity index is 911. The maximum absolute atomic E-state index is 12.8. The van der Waals surface area contributed by atoms with Gasteiger partial charge in [0.1, 0.15) is 17.3 Å². The number of hydrogen-bond donors (Lipinski definition) is 2. The van der Waals surface area contributed by atoms with Crippen LogP contribution < -0.4 is 20.3 Å². The topological polar surface area (TPSA) is 96.0 Å². The van der Waals surface area contributed by atoms with Gasteiger partial charge in [0.25, 0.3) is 0 Å². The number of fused-ring (bicyclic) bond motifs is 1. The van der Waals surface area contributed by atoms with Crippen LogP contribution in [0.5, 0.6) is 5.75 Å². The molecule has 1 aromatic heterocycles. The third-order valence-corrected chi connectivity index (χ3v) is 6.24. The molecule has 0 radical (unpaired) electrons. The number of nitrogens with one attached hydrogen (secondary N) is 2. The van der Waals surface area contributed by atoms with E-state index in [1.165, 1.54) is 18.3 Å². The summed E-state index contributed by atoms with van der Waals surface area (Å²) < 4.78 is 11.9. The summed E-state index contributed by atoms with van der Waals surface area (Å²) in [4.78, 5) is 33.2. The number of methoxy groups -OCH3 is 1. The van der Waals surface area contributed by atoms with Crippen LogP contribution in [0.4, 0.5) is 15.6 Å². The van der Waals surface area contributed by atoms with Crippen LogP contribution in [-0.2, 0) is 9.53 Å². The number of ether oxygens (including phenoxy) is 2. The number of hydrogen-bond acceptors (Lipinski definition) is 8. The molecule has 2 amide bonds. The molecule has 2 fully saturated rings. The Kier molecular flexibility index (Phi) is 5.84. The smallest absolute Gasteiger partial charge is 0.324 e. The molecule has 2 saturated heterocycles. The van der Waals surface area contributed by atoms with Gasteiger partial charge in [0, 0.05) is 32.7 Å². The van der Waals surface area contributed by atoms with Crippen LogP contribution in [0, 0.1) is 0 Å². The van der Waals surface area contributed by atoms with Crippen LogP contribution in [0.3, 0.4) is 0 Å². The molecule has 0 spiro atoms. The fraction of sp³-hybridized carbons (Fsp3) is 0.526. The van der Waals surface area contributed by atoms with E-state index in [0.29, 0.717) is 43.7 Å². The Morgan fingerprint density at radius 2 is 2.10 bits per heavy atom. The van der Waals surface area contributed by atoms with E-state index in [-0.39, 0.29) is 11.8 Å². The summed E-state index contributed by atoms with van der Waals surface area (Å²) in [5, 5.41) is 6.53. The van der Waals surface area contributed by atoms with Gasteiger partial charge in [0.2, 0.25) is 0 Å². The normalized spacial score (nSPS) is 20.0. The number of ketones is 1. The number of carbonyl (C=O) groups excluding carboxylic acids is 2. The average molecular weight is 420 g/mol. The Hall–Kier alpha value is -2.43. The number of Topliss-reactive ketones (excluding diaryl/α,β-unsaturated/α-hetero) is 1. The van der Waals surface area contributed by atoms with Crippen LogP contribution >= 0.6 is 11.3 Å². The molecule has 2 aliphatic rings. The summed E-state index contributed by atoms with van der Waals surface area (Å²) in [6, 6.07) is 3.16. The molecule has 2 aromatic rings. The predicted molar refractivity (Wildman–Crippen MR) is 112 cm³/mol. The van der Waals surface area contributed by atoms with Gasteiger partial charge in [-0.15, -0.1) is 0 Å². The Balaban J connectivity index is 1.62. The van der Waals surface area contributed by atoms with Gasteiger partial charge in [-0.05, 0) is 19.1 Å². The highest BCUT2D eigenvalue weighted by molar-refractivity contribution is 7.23. The largest absolute Gasteiger partial charge is 0.494 e. The van der Waals surface area contributed by atoms with Gasteiger partial charge in [-0.1, -0.05) is 11.3 Å². The molecule has 29 heavy (non-hydrogen) atoms. The highest BCUT2D eigenvalue weighted by atomic mass is 32.1. The first kappa shape index (κ1) is 19.9. The van der Waals surface area contributed by atoms with Gasteiger partial charge in [-0.3, -0.25) is 10.1 Å². The number of benzene rings is 1. The number of piperazine rings is 1. The molecule has 156 valence electrons. The SMILES string of the molecule is COc1ccc(N2CCOCC2)c2sc(NC(=O)N3CCNCC3C(C)=O)nc12. The minimum Gasteiger partial charge on any atom is -0.494 e. The van der Waals surface area contributed by atoms with Crippen molar-refractivity contribution in [2.75, 3.05) is 63.3 Å². The summed E-state index contributed by atoms with van der Waals surface area (Å²) in [6.07, 6.45) is 0. The first-order valence-corrected chi connectivity index (χ1v) is 10.5. The van der Waals surface area contributed by atoms with Crippen molar-refractivity contribution in [3.05, 3.63) is 12.1 Å². The Morgan fingerprint density at radius 3 is 2.83 bits per heavy atom. The molecular formula is C19H25N5O4S. The molecule has 2 aliphatic heterocycles. The van der Waals surface area contributed by atoms with Crippen molar-refractivity contribution in [3.8, 4) is 5.75 Å². The maximum atomic E-state index is 12.8. The molecular weight excluding hydrogens is 394 g/mol. The van der Waals surface area contributed by atoms with Gasteiger partial charge in [-0.25, -0.2) is 9.78 Å². The van der Waals surface area contributed by atoms with Gasteiger partial charge in [-0.2, -0.15) is 0 Å². The van der Waals surface area contributed by atoms with E-state index in [0.717, 1.165) is 29.0 Å². The predicted octanol–water partition coefficient (Wildman–Crippen LogP) is 1.54. The van der Waals surface area contributed by atoms with Gasteiger partial charge < -0.3 is 24.6 Å². The minimum absolute atomic E-state index is 0.0343. The van der Waals surface area contributed by atoms with Crippen molar-refractivity contribution in [1.29, 1.82) is 0 Å². The lowest BCUT2D eigenvalue weighted by molar-refractivity contribution is -0.121. The Morgan fingerprint density at radius 1 is 1.31 bits per heavy atom. The van der Waals surface area contributed by atoms with E-state index in [9.17, 15) is 9.59 Å². The fourth-order valence-corrected chi connectivity index (χ4v) is 4.73. The second kappa shape index (κ2) is 8.52. The lowest BCUT2D eigenvalue weighted by Gasteiger charge is -2.34. The molecule has 9 nitrogen and oxygen atoms in total. The van der Waals surface area contributed by atoms with Crippen LogP contribution in [0.25, 0.3) is 10.2 Å². The first-order chi connectivity index (χ1) is 14.1. The highest BCUT2D eigenvalue weighted by Crippen LogP contribution is 2.39. The maximum Gasteiger partial charge on any atom is 0.324 e. The summed E-state index contributed by atoms with van der Waals surface area (Å²) in [5.41, 5.74) is 1.78.